The van der Waals surface area contributed by atoms with Crippen molar-refractivity contribution >= 4 is 45.3 Å². The number of hydrogen-bond acceptors (Lipinski definition) is 6. The fraction of sp³-hybridized carbons (Fsp3) is 0.278. The summed E-state index contributed by atoms with van der Waals surface area (Å²) in [6.45, 7) is 8.55. The van der Waals surface area contributed by atoms with Gasteiger partial charge in [0.15, 0.2) is 0 Å². The monoisotopic (exact) mass is 612 g/mol. The Morgan fingerprint density at radius 3 is 1.65 bits per heavy atom. The van der Waals surface area contributed by atoms with Gasteiger partial charge >= 0.3 is 0 Å². The summed E-state index contributed by atoms with van der Waals surface area (Å²) in [7, 11) is 0. The maximum Gasteiger partial charge on any atom is 0.232 e. The van der Waals surface area contributed by atoms with Gasteiger partial charge in [0.2, 0.25) is 11.8 Å². The molecule has 8 rings (SSSR count). The van der Waals surface area contributed by atoms with E-state index in [1.807, 2.05) is 48.5 Å². The molecule has 6 aromatic rings. The van der Waals surface area contributed by atoms with Gasteiger partial charge in [0.05, 0.1) is 33.9 Å². The van der Waals surface area contributed by atoms with Crippen LogP contribution in [-0.4, -0.2) is 41.7 Å². The number of nitrogens with zero attached hydrogens (tertiary/aromatic N) is 4. The van der Waals surface area contributed by atoms with E-state index in [0.29, 0.717) is 11.8 Å². The summed E-state index contributed by atoms with van der Waals surface area (Å²) < 4.78 is 0. The van der Waals surface area contributed by atoms with E-state index in [0.717, 1.165) is 80.2 Å². The molecule has 0 aliphatic carbocycles. The second-order valence-electron chi connectivity index (χ2n) is 12.9. The Kier molecular flexibility index (Phi) is 7.56. The molecule has 0 bridgehead atoms. The van der Waals surface area contributed by atoms with Crippen molar-refractivity contribution < 1.29 is 9.59 Å². The van der Waals surface area contributed by atoms with Crippen LogP contribution in [-0.2, 0) is 9.59 Å². The number of amides is 2. The highest BCUT2D eigenvalue weighted by Gasteiger charge is 2.33. The third-order valence-corrected chi connectivity index (χ3v) is 8.51. The summed E-state index contributed by atoms with van der Waals surface area (Å²) in [5, 5.41) is 5.99. The number of hydrogen-bond donors (Lipinski definition) is 4. The Hall–Kier alpha value is -5.38. The molecule has 2 amide bonds. The summed E-state index contributed by atoms with van der Waals surface area (Å²) in [4.78, 5) is 48.5. The zero-order chi connectivity index (χ0) is 31.9. The Labute approximate surface area is 266 Å². The van der Waals surface area contributed by atoms with Crippen molar-refractivity contribution in [1.82, 2.24) is 29.9 Å². The highest BCUT2D eigenvalue weighted by molar-refractivity contribution is 6.06. The van der Waals surface area contributed by atoms with E-state index in [9.17, 15) is 9.59 Å². The standard InChI is InChI=1S/2C18H18N4O/c1-10(2)7-13-12-8-15-16(9-14(12)22-18(13)23)21-17(20-15)11-3-5-19-6-4-11;1-10(2)6-13-12-7-15-16(8-14(12)22-18(13)23)21-17(20-15)11-4-3-5-19-9-11/h3-6,8-10,13H,7H2,1-2H3,(H,20,21)(H,22,23);3-5,7-10,13H,6H2,1-2H3,(H,20,21)(H,22,23). The van der Waals surface area contributed by atoms with Gasteiger partial charge in [-0.25, -0.2) is 9.97 Å². The topological polar surface area (TPSA) is 141 Å². The lowest BCUT2D eigenvalue weighted by Crippen LogP contribution is -2.13. The molecular weight excluding hydrogens is 576 g/mol. The first-order valence-electron chi connectivity index (χ1n) is 15.7. The van der Waals surface area contributed by atoms with Gasteiger partial charge in [-0.2, -0.15) is 0 Å². The van der Waals surface area contributed by atoms with Crippen LogP contribution < -0.4 is 10.6 Å². The van der Waals surface area contributed by atoms with Gasteiger partial charge in [0.25, 0.3) is 0 Å². The molecule has 0 saturated heterocycles. The van der Waals surface area contributed by atoms with Gasteiger partial charge in [-0.3, -0.25) is 19.6 Å². The lowest BCUT2D eigenvalue weighted by molar-refractivity contribution is -0.118. The van der Waals surface area contributed by atoms with Gasteiger partial charge in [-0.1, -0.05) is 27.7 Å². The zero-order valence-electron chi connectivity index (χ0n) is 26.3. The highest BCUT2D eigenvalue weighted by atomic mass is 16.2. The Morgan fingerprint density at radius 1 is 0.652 bits per heavy atom. The van der Waals surface area contributed by atoms with Crippen LogP contribution in [0, 0.1) is 11.8 Å². The average molecular weight is 613 g/mol. The minimum atomic E-state index is -0.0760. The second kappa shape index (κ2) is 11.8. The fourth-order valence-corrected chi connectivity index (χ4v) is 6.36. The number of carbonyl (C=O) groups is 2. The molecule has 6 heterocycles. The first-order chi connectivity index (χ1) is 22.2. The molecule has 2 aliphatic heterocycles. The quantitative estimate of drug-likeness (QED) is 0.154. The zero-order valence-corrected chi connectivity index (χ0v) is 26.3. The van der Waals surface area contributed by atoms with Crippen LogP contribution in [0.3, 0.4) is 0 Å². The molecule has 0 spiro atoms. The van der Waals surface area contributed by atoms with Crippen LogP contribution in [0.1, 0.15) is 63.5 Å². The van der Waals surface area contributed by atoms with Crippen molar-refractivity contribution in [2.45, 2.75) is 52.4 Å². The van der Waals surface area contributed by atoms with Gasteiger partial charge in [-0.15, -0.1) is 0 Å². The summed E-state index contributed by atoms with van der Waals surface area (Å²) in [6, 6.07) is 15.8. The Balaban J connectivity index is 0.000000147. The number of nitrogens with one attached hydrogen (secondary N) is 4. The summed E-state index contributed by atoms with van der Waals surface area (Å²) in [5.74, 6) is 2.59. The maximum absolute atomic E-state index is 12.2. The first-order valence-corrected chi connectivity index (χ1v) is 15.7. The van der Waals surface area contributed by atoms with Crippen LogP contribution in [0.4, 0.5) is 11.4 Å². The summed E-state index contributed by atoms with van der Waals surface area (Å²) >= 11 is 0. The third kappa shape index (κ3) is 5.62. The highest BCUT2D eigenvalue weighted by Crippen LogP contribution is 2.40. The van der Waals surface area contributed by atoms with Crippen molar-refractivity contribution in [3.05, 3.63) is 84.4 Å². The molecular formula is C36H36N8O2. The number of carbonyl (C=O) groups excluding carboxylic acids is 2. The Morgan fingerprint density at radius 2 is 1.17 bits per heavy atom. The van der Waals surface area contributed by atoms with Crippen LogP contribution >= 0.6 is 0 Å². The number of aromatic nitrogens is 6. The number of rotatable bonds is 6. The SMILES string of the molecule is CC(C)CC1C(=O)Nc2cc3[nH]c(-c4cccnc4)nc3cc21.CC(C)CC1C(=O)Nc2cc3[nH]c(-c4ccncc4)nc3cc21. The molecule has 0 saturated carbocycles. The summed E-state index contributed by atoms with van der Waals surface area (Å²) in [6.07, 6.45) is 8.74. The molecule has 2 aliphatic rings. The number of imidazole rings is 2. The molecule has 2 atom stereocenters. The van der Waals surface area contributed by atoms with E-state index < -0.39 is 0 Å². The normalized spacial score (nSPS) is 16.8. The fourth-order valence-electron chi connectivity index (χ4n) is 6.36. The van der Waals surface area contributed by atoms with Gasteiger partial charge < -0.3 is 20.6 Å². The van der Waals surface area contributed by atoms with Crippen LogP contribution in [0.25, 0.3) is 44.8 Å². The predicted molar refractivity (Wildman–Crippen MR) is 180 cm³/mol. The summed E-state index contributed by atoms with van der Waals surface area (Å²) in [5.41, 5.74) is 9.49. The Bertz CT molecular complexity index is 1910. The van der Waals surface area contributed by atoms with Crippen molar-refractivity contribution in [3.63, 3.8) is 0 Å². The largest absolute Gasteiger partial charge is 0.338 e. The molecule has 10 nitrogen and oxygen atoms in total. The van der Waals surface area contributed by atoms with Crippen molar-refractivity contribution in [2.24, 2.45) is 11.8 Å². The van der Waals surface area contributed by atoms with Crippen molar-refractivity contribution in [3.8, 4) is 22.8 Å². The average Bonchev–Trinajstić information content (AvgIpc) is 3.79. The smallest absolute Gasteiger partial charge is 0.232 e. The van der Waals surface area contributed by atoms with Gasteiger partial charge in [0.1, 0.15) is 11.6 Å². The minimum absolute atomic E-state index is 0.0736. The minimum Gasteiger partial charge on any atom is -0.338 e. The molecule has 2 unspecified atom stereocenters. The molecule has 10 heteroatoms. The number of benzene rings is 2. The molecule has 4 N–H and O–H groups in total. The molecule has 0 radical (unpaired) electrons. The molecule has 2 aromatic carbocycles. The van der Waals surface area contributed by atoms with Gasteiger partial charge in [0, 0.05) is 47.3 Å². The lowest BCUT2D eigenvalue weighted by Gasteiger charge is -2.11. The predicted octanol–water partition coefficient (Wildman–Crippen LogP) is 7.41. The van der Waals surface area contributed by atoms with E-state index in [4.69, 9.17) is 0 Å². The molecule has 46 heavy (non-hydrogen) atoms. The van der Waals surface area contributed by atoms with E-state index in [1.165, 1.54) is 0 Å². The molecule has 232 valence electrons. The number of fused-ring (bicyclic) bond motifs is 4. The van der Waals surface area contributed by atoms with E-state index in [2.05, 4.69) is 68.2 Å². The number of pyridine rings is 2. The maximum atomic E-state index is 12.2. The van der Waals surface area contributed by atoms with Gasteiger partial charge in [-0.05, 0) is 84.3 Å². The van der Waals surface area contributed by atoms with E-state index in [1.54, 1.807) is 24.8 Å². The van der Waals surface area contributed by atoms with Crippen LogP contribution in [0.15, 0.2) is 73.3 Å². The second-order valence-corrected chi connectivity index (χ2v) is 12.9. The molecule has 4 aromatic heterocycles. The molecule has 0 fully saturated rings. The number of H-pyrrole nitrogens is 2. The van der Waals surface area contributed by atoms with E-state index >= 15 is 0 Å². The first kappa shape index (κ1) is 29.3. The van der Waals surface area contributed by atoms with Crippen molar-refractivity contribution in [1.29, 1.82) is 0 Å². The lowest BCUT2D eigenvalue weighted by atomic mass is 9.91. The number of anilines is 2. The van der Waals surface area contributed by atoms with Crippen LogP contribution in [0.5, 0.6) is 0 Å². The van der Waals surface area contributed by atoms with E-state index in [-0.39, 0.29) is 23.7 Å². The van der Waals surface area contributed by atoms with Crippen LogP contribution in [0.2, 0.25) is 0 Å². The van der Waals surface area contributed by atoms with Crippen molar-refractivity contribution in [2.75, 3.05) is 10.6 Å². The third-order valence-electron chi connectivity index (χ3n) is 8.51. The number of aromatic amines is 2.